The van der Waals surface area contributed by atoms with Crippen LogP contribution in [0.15, 0.2) is 386 Å². The van der Waals surface area contributed by atoms with E-state index in [0.29, 0.717) is 0 Å². The van der Waals surface area contributed by atoms with Crippen LogP contribution < -0.4 is 15.6 Å². The van der Waals surface area contributed by atoms with Crippen LogP contribution in [0.4, 0.5) is 0 Å². The fourth-order valence-electron chi connectivity index (χ4n) is 17.7. The SMILES string of the molecule is CC1=C(C)C(C)C([Si](c2c(-c3ccccc3)c(C)c(-c3ccccc3)c(-c3ccccc3)c2-c2ccccc2)(c2c(-c3ccccc3)c(C)c(-c3ccccc3)c(-c3ccccc3)c2-c2ccccc2)c2c(-c3ccccc3)c(C)c(-c3ccccc3)c(-c3ccccc3)c2-c2ccccc2)=C1C. The van der Waals surface area contributed by atoms with E-state index >= 15 is 0 Å². The van der Waals surface area contributed by atoms with E-state index in [0.717, 1.165) is 50.1 Å². The Hall–Kier alpha value is -12.0. The van der Waals surface area contributed by atoms with Gasteiger partial charge in [-0.2, -0.15) is 0 Å². The van der Waals surface area contributed by atoms with Crippen molar-refractivity contribution in [2.24, 2.45) is 5.92 Å². The Morgan fingerprint density at radius 3 is 0.495 bits per heavy atom. The fourth-order valence-corrected chi connectivity index (χ4v) is 24.9. The Morgan fingerprint density at radius 1 is 0.175 bits per heavy atom. The predicted octanol–water partition coefficient (Wildman–Crippen LogP) is 25.9. The van der Waals surface area contributed by atoms with Gasteiger partial charge in [0.25, 0.3) is 0 Å². The van der Waals surface area contributed by atoms with E-state index in [1.807, 2.05) is 0 Å². The number of rotatable bonds is 16. The van der Waals surface area contributed by atoms with Crippen LogP contribution in [0.1, 0.15) is 44.4 Å². The maximum absolute atomic E-state index is 4.69. The molecule has 16 rings (SSSR count). The molecule has 0 saturated carbocycles. The summed E-state index contributed by atoms with van der Waals surface area (Å²) >= 11 is 0. The minimum Gasteiger partial charge on any atom is -0.0636 e. The third-order valence-electron chi connectivity index (χ3n) is 22.2. The Balaban J connectivity index is 1.39. The van der Waals surface area contributed by atoms with Crippen LogP contribution in [0.3, 0.4) is 0 Å². The van der Waals surface area contributed by atoms with Crippen molar-refractivity contribution in [3.8, 4) is 134 Å². The average molecular weight is 1340 g/mol. The van der Waals surface area contributed by atoms with E-state index in [1.165, 1.54) is 138 Å². The minimum atomic E-state index is -4.69. The average Bonchev–Trinajstić information content (AvgIpc) is 1.62. The molecule has 0 nitrogen and oxygen atoms in total. The molecule has 494 valence electrons. The van der Waals surface area contributed by atoms with E-state index in [4.69, 9.17) is 0 Å². The molecule has 0 N–H and O–H groups in total. The van der Waals surface area contributed by atoms with Crippen molar-refractivity contribution < 1.29 is 0 Å². The van der Waals surface area contributed by atoms with Crippen LogP contribution in [0.2, 0.25) is 0 Å². The molecule has 1 aliphatic carbocycles. The van der Waals surface area contributed by atoms with Gasteiger partial charge in [-0.1, -0.05) is 387 Å². The Morgan fingerprint density at radius 2 is 0.330 bits per heavy atom. The molecule has 0 fully saturated rings. The largest absolute Gasteiger partial charge is 0.180 e. The summed E-state index contributed by atoms with van der Waals surface area (Å²) in [4.78, 5) is 0. The molecule has 0 aliphatic heterocycles. The fraction of sp³-hybridized carbons (Fsp3) is 0.0784. The van der Waals surface area contributed by atoms with Gasteiger partial charge >= 0.3 is 0 Å². The molecule has 103 heavy (non-hydrogen) atoms. The van der Waals surface area contributed by atoms with Crippen LogP contribution in [0.5, 0.6) is 0 Å². The Kier molecular flexibility index (Phi) is 18.0. The molecule has 1 atom stereocenters. The lowest BCUT2D eigenvalue weighted by molar-refractivity contribution is 0.852. The van der Waals surface area contributed by atoms with Crippen molar-refractivity contribution in [1.29, 1.82) is 0 Å². The smallest absolute Gasteiger partial charge is 0.0636 e. The molecule has 0 amide bonds. The topological polar surface area (TPSA) is 0 Å². The first kappa shape index (κ1) is 65.6. The number of benzene rings is 15. The van der Waals surface area contributed by atoms with Gasteiger partial charge in [0.15, 0.2) is 8.07 Å². The molecule has 0 heterocycles. The van der Waals surface area contributed by atoms with Crippen molar-refractivity contribution in [2.75, 3.05) is 0 Å². The first-order valence-electron chi connectivity index (χ1n) is 36.3. The molecule has 0 aromatic heterocycles. The summed E-state index contributed by atoms with van der Waals surface area (Å²) < 4.78 is 0. The van der Waals surface area contributed by atoms with Gasteiger partial charge in [-0.05, 0) is 219 Å². The third-order valence-corrected chi connectivity index (χ3v) is 27.5. The third kappa shape index (κ3) is 11.3. The minimum absolute atomic E-state index is 0.0868. The lowest BCUT2D eigenvalue weighted by Crippen LogP contribution is -2.72. The molecule has 0 saturated heterocycles. The highest BCUT2D eigenvalue weighted by Crippen LogP contribution is 2.57. The van der Waals surface area contributed by atoms with Gasteiger partial charge in [-0.15, -0.1) is 0 Å². The second-order valence-electron chi connectivity index (χ2n) is 27.7. The number of hydrogen-bond donors (Lipinski definition) is 0. The summed E-state index contributed by atoms with van der Waals surface area (Å²) in [5, 5.41) is 5.53. The molecule has 15 aromatic rings. The molecule has 1 aliphatic rings. The maximum Gasteiger partial charge on any atom is 0.180 e. The van der Waals surface area contributed by atoms with Crippen molar-refractivity contribution in [2.45, 2.75) is 48.5 Å². The van der Waals surface area contributed by atoms with Gasteiger partial charge in [0, 0.05) is 0 Å². The monoisotopic (exact) mass is 1330 g/mol. The summed E-state index contributed by atoms with van der Waals surface area (Å²) in [6.07, 6.45) is 0. The lowest BCUT2D eigenvalue weighted by Gasteiger charge is -2.48. The van der Waals surface area contributed by atoms with Crippen molar-refractivity contribution in [3.05, 3.63) is 403 Å². The van der Waals surface area contributed by atoms with Crippen molar-refractivity contribution in [1.82, 2.24) is 0 Å². The summed E-state index contributed by atoms with van der Waals surface area (Å²) in [7, 11) is -4.69. The summed E-state index contributed by atoms with van der Waals surface area (Å²) in [6, 6.07) is 138. The lowest BCUT2D eigenvalue weighted by atomic mass is 9.80. The standard InChI is InChI=1S/C102H82Si/c1-68-69(2)71(4)99(70(68)3)103(100-90(78-50-26-11-27-51-78)72(5)87(75-44-20-8-21-45-75)93(81-56-32-14-33-57-81)96(100)84-62-38-17-39-63-84,101-91(79-52-28-12-29-53-79)73(6)88(76-46-22-9-23-47-76)94(82-58-34-15-35-59-82)97(101)85-64-40-18-41-65-85)102-92(80-54-30-13-31-55-80)74(7)89(77-48-24-10-25-49-77)95(83-60-36-16-37-61-83)98(102)86-66-42-19-43-67-86/h8-67,70H,1-7H3. The van der Waals surface area contributed by atoms with E-state index < -0.39 is 8.07 Å². The molecule has 0 radical (unpaired) electrons. The number of hydrogen-bond acceptors (Lipinski definition) is 0. The normalized spacial score (nSPS) is 13.0. The molecule has 0 bridgehead atoms. The van der Waals surface area contributed by atoms with Gasteiger partial charge in [0.05, 0.1) is 0 Å². The zero-order valence-electron chi connectivity index (χ0n) is 59.7. The highest BCUT2D eigenvalue weighted by Gasteiger charge is 2.57. The quantitative estimate of drug-likeness (QED) is 0.0668. The molecule has 1 heteroatoms. The highest BCUT2D eigenvalue weighted by atomic mass is 28.3. The van der Waals surface area contributed by atoms with Crippen LogP contribution in [-0.4, -0.2) is 8.07 Å². The Labute approximate surface area is 610 Å². The van der Waals surface area contributed by atoms with E-state index in [2.05, 4.69) is 412 Å². The summed E-state index contributed by atoms with van der Waals surface area (Å²) in [5.74, 6) is -0.0868. The maximum atomic E-state index is 2.58. The zero-order chi connectivity index (χ0) is 70.1. The van der Waals surface area contributed by atoms with Crippen molar-refractivity contribution >= 4 is 23.6 Å². The zero-order valence-corrected chi connectivity index (χ0v) is 60.7. The predicted molar refractivity (Wildman–Crippen MR) is 444 cm³/mol. The second kappa shape index (κ2) is 28.2. The Bertz CT molecular complexity index is 5110. The van der Waals surface area contributed by atoms with E-state index in [9.17, 15) is 0 Å². The summed E-state index contributed by atoms with van der Waals surface area (Å²) in [5.41, 5.74) is 36.3. The first-order valence-corrected chi connectivity index (χ1v) is 38.3. The van der Waals surface area contributed by atoms with Crippen LogP contribution >= 0.6 is 0 Å². The van der Waals surface area contributed by atoms with Gasteiger partial charge in [0.2, 0.25) is 0 Å². The van der Waals surface area contributed by atoms with E-state index in [-0.39, 0.29) is 5.92 Å². The molecular weight excluding hydrogens is 1250 g/mol. The molecule has 1 unspecified atom stereocenters. The van der Waals surface area contributed by atoms with Gasteiger partial charge in [-0.3, -0.25) is 0 Å². The van der Waals surface area contributed by atoms with Gasteiger partial charge in [0.1, 0.15) is 0 Å². The van der Waals surface area contributed by atoms with E-state index in [1.54, 1.807) is 0 Å². The van der Waals surface area contributed by atoms with Crippen LogP contribution in [-0.2, 0) is 0 Å². The van der Waals surface area contributed by atoms with Crippen LogP contribution in [0, 0.1) is 26.7 Å². The molecule has 0 spiro atoms. The van der Waals surface area contributed by atoms with Gasteiger partial charge < -0.3 is 0 Å². The molecular formula is C102H82Si. The summed E-state index contributed by atoms with van der Waals surface area (Å²) in [6.45, 7) is 17.4. The van der Waals surface area contributed by atoms with Crippen LogP contribution in [0.25, 0.3) is 134 Å². The number of allylic oxidation sites excluding steroid dienone is 4. The highest BCUT2D eigenvalue weighted by molar-refractivity contribution is 7.20. The van der Waals surface area contributed by atoms with Gasteiger partial charge in [-0.25, -0.2) is 0 Å². The first-order chi connectivity index (χ1) is 50.7. The van der Waals surface area contributed by atoms with Crippen molar-refractivity contribution in [3.63, 3.8) is 0 Å². The molecule has 15 aromatic carbocycles. The second-order valence-corrected chi connectivity index (χ2v) is 31.2.